The third-order valence-corrected chi connectivity index (χ3v) is 3.39. The molecule has 5 nitrogen and oxygen atoms in total. The largest absolute Gasteiger partial charge is 0.505 e. The number of aromatic nitrogens is 2. The SMILES string of the molecule is Nc1cc(O)c(F)c(C(=O)c2c[nH]c3ncc(Cl)cc23)c1F. The normalized spacial score (nSPS) is 11.0. The number of nitrogens with one attached hydrogen (secondary N) is 1. The summed E-state index contributed by atoms with van der Waals surface area (Å²) in [6, 6.07) is 2.14. The number of carbonyl (C=O) groups is 1. The first-order valence-electron chi connectivity index (χ1n) is 6.04. The molecule has 0 fully saturated rings. The Kier molecular flexibility index (Phi) is 3.22. The Hall–Kier alpha value is -2.67. The molecule has 3 aromatic rings. The van der Waals surface area contributed by atoms with E-state index >= 15 is 0 Å². The lowest BCUT2D eigenvalue weighted by atomic mass is 10.0. The first kappa shape index (κ1) is 14.3. The topological polar surface area (TPSA) is 92.0 Å². The van der Waals surface area contributed by atoms with Gasteiger partial charge in [-0.2, -0.15) is 0 Å². The number of ketones is 1. The number of rotatable bonds is 2. The van der Waals surface area contributed by atoms with Gasteiger partial charge < -0.3 is 15.8 Å². The summed E-state index contributed by atoms with van der Waals surface area (Å²) < 4.78 is 28.0. The van der Waals surface area contributed by atoms with Gasteiger partial charge in [-0.3, -0.25) is 4.79 Å². The molecule has 22 heavy (non-hydrogen) atoms. The molecular weight excluding hydrogens is 316 g/mol. The molecule has 0 aliphatic rings. The molecule has 0 amide bonds. The summed E-state index contributed by atoms with van der Waals surface area (Å²) in [5, 5.41) is 9.96. The summed E-state index contributed by atoms with van der Waals surface area (Å²) in [6.45, 7) is 0. The van der Waals surface area contributed by atoms with Crippen LogP contribution in [0.15, 0.2) is 24.5 Å². The average Bonchev–Trinajstić information content (AvgIpc) is 2.88. The molecule has 0 saturated carbocycles. The van der Waals surface area contributed by atoms with Crippen molar-refractivity contribution in [2.24, 2.45) is 0 Å². The number of aromatic hydroxyl groups is 1. The Bertz CT molecular complexity index is 898. The number of pyridine rings is 1. The van der Waals surface area contributed by atoms with Gasteiger partial charge in [0.2, 0.25) is 5.78 Å². The van der Waals surface area contributed by atoms with Crippen molar-refractivity contribution in [3.05, 3.63) is 52.3 Å². The van der Waals surface area contributed by atoms with Crippen LogP contribution in [0.1, 0.15) is 15.9 Å². The second-order valence-electron chi connectivity index (χ2n) is 4.57. The monoisotopic (exact) mass is 323 g/mol. The molecular formula is C14H8ClF2N3O2. The zero-order valence-corrected chi connectivity index (χ0v) is 11.6. The van der Waals surface area contributed by atoms with Crippen molar-refractivity contribution in [3.8, 4) is 5.75 Å². The molecule has 0 bridgehead atoms. The number of phenolic OH excluding ortho intramolecular Hbond substituents is 1. The predicted octanol–water partition coefficient (Wildman–Crippen LogP) is 3.01. The minimum absolute atomic E-state index is 0.0344. The molecule has 112 valence electrons. The number of anilines is 1. The van der Waals surface area contributed by atoms with Gasteiger partial charge in [-0.05, 0) is 6.07 Å². The molecule has 4 N–H and O–H groups in total. The van der Waals surface area contributed by atoms with Crippen LogP contribution in [0.2, 0.25) is 5.02 Å². The summed E-state index contributed by atoms with van der Waals surface area (Å²) in [4.78, 5) is 19.1. The maximum absolute atomic E-state index is 14.0. The summed E-state index contributed by atoms with van der Waals surface area (Å²) in [6.07, 6.45) is 2.62. The Balaban J connectivity index is 2.25. The van der Waals surface area contributed by atoms with Crippen molar-refractivity contribution in [1.82, 2.24) is 9.97 Å². The number of nitrogen functional groups attached to an aromatic ring is 1. The molecule has 2 heterocycles. The minimum Gasteiger partial charge on any atom is -0.505 e. The van der Waals surface area contributed by atoms with Crippen LogP contribution in [0, 0.1) is 11.6 Å². The number of aromatic amines is 1. The van der Waals surface area contributed by atoms with E-state index in [9.17, 15) is 18.7 Å². The Labute approximate surface area is 127 Å². The number of nitrogens with two attached hydrogens (primary N) is 1. The smallest absolute Gasteiger partial charge is 0.201 e. The van der Waals surface area contributed by atoms with E-state index in [2.05, 4.69) is 9.97 Å². The molecule has 0 spiro atoms. The maximum atomic E-state index is 14.0. The van der Waals surface area contributed by atoms with E-state index in [0.29, 0.717) is 17.1 Å². The molecule has 0 radical (unpaired) electrons. The van der Waals surface area contributed by atoms with Gasteiger partial charge in [-0.15, -0.1) is 0 Å². The molecule has 0 aliphatic carbocycles. The van der Waals surface area contributed by atoms with E-state index in [4.69, 9.17) is 17.3 Å². The van der Waals surface area contributed by atoms with Gasteiger partial charge in [0.1, 0.15) is 11.2 Å². The van der Waals surface area contributed by atoms with E-state index in [1.54, 1.807) is 0 Å². The lowest BCUT2D eigenvalue weighted by molar-refractivity contribution is 0.103. The van der Waals surface area contributed by atoms with Gasteiger partial charge in [-0.1, -0.05) is 11.6 Å². The van der Waals surface area contributed by atoms with Crippen molar-refractivity contribution >= 4 is 34.1 Å². The molecule has 0 atom stereocenters. The highest BCUT2D eigenvalue weighted by Crippen LogP contribution is 2.31. The lowest BCUT2D eigenvalue weighted by Crippen LogP contribution is -2.09. The zero-order chi connectivity index (χ0) is 16.0. The Morgan fingerprint density at radius 1 is 1.32 bits per heavy atom. The lowest BCUT2D eigenvalue weighted by Gasteiger charge is -2.07. The number of halogens is 3. The van der Waals surface area contributed by atoms with Crippen LogP contribution in [0.25, 0.3) is 11.0 Å². The third kappa shape index (κ3) is 2.06. The molecule has 8 heteroatoms. The summed E-state index contributed by atoms with van der Waals surface area (Å²) in [7, 11) is 0. The van der Waals surface area contributed by atoms with Crippen LogP contribution in [-0.2, 0) is 0 Å². The van der Waals surface area contributed by atoms with Crippen LogP contribution in [0.3, 0.4) is 0 Å². The van der Waals surface area contributed by atoms with Crippen molar-refractivity contribution in [2.75, 3.05) is 5.73 Å². The first-order chi connectivity index (χ1) is 10.4. The van der Waals surface area contributed by atoms with Crippen LogP contribution < -0.4 is 5.73 Å². The number of hydrogen-bond donors (Lipinski definition) is 3. The molecule has 1 aromatic carbocycles. The number of hydrogen-bond acceptors (Lipinski definition) is 4. The van der Waals surface area contributed by atoms with Crippen molar-refractivity contribution in [3.63, 3.8) is 0 Å². The van der Waals surface area contributed by atoms with E-state index in [1.165, 1.54) is 18.5 Å². The van der Waals surface area contributed by atoms with E-state index < -0.39 is 34.4 Å². The summed E-state index contributed by atoms with van der Waals surface area (Å²) >= 11 is 5.82. The van der Waals surface area contributed by atoms with Crippen molar-refractivity contribution in [2.45, 2.75) is 0 Å². The molecule has 0 unspecified atom stereocenters. The van der Waals surface area contributed by atoms with Gasteiger partial charge in [0.05, 0.1) is 10.7 Å². The minimum atomic E-state index is -1.37. The summed E-state index contributed by atoms with van der Waals surface area (Å²) in [5.74, 6) is -4.49. The number of H-pyrrole nitrogens is 1. The average molecular weight is 324 g/mol. The predicted molar refractivity (Wildman–Crippen MR) is 77.0 cm³/mol. The number of carbonyl (C=O) groups excluding carboxylic acids is 1. The molecule has 3 rings (SSSR count). The van der Waals surface area contributed by atoms with Crippen LogP contribution in [-0.4, -0.2) is 20.9 Å². The molecule has 0 saturated heterocycles. The van der Waals surface area contributed by atoms with Gasteiger partial charge in [0.15, 0.2) is 17.4 Å². The molecule has 2 aromatic heterocycles. The fourth-order valence-electron chi connectivity index (χ4n) is 2.14. The Morgan fingerprint density at radius 3 is 2.77 bits per heavy atom. The fourth-order valence-corrected chi connectivity index (χ4v) is 2.30. The van der Waals surface area contributed by atoms with E-state index in [0.717, 1.165) is 0 Å². The highest BCUT2D eigenvalue weighted by atomic mass is 35.5. The molecule has 0 aliphatic heterocycles. The second kappa shape index (κ2) is 4.96. The number of benzene rings is 1. The standard InChI is InChI=1S/C14H8ClF2N3O2/c15-5-1-6-7(4-20-14(6)19-3-5)13(22)10-11(16)8(18)2-9(21)12(10)17/h1-4,21H,18H2,(H,19,20). The van der Waals surface area contributed by atoms with Crippen molar-refractivity contribution in [1.29, 1.82) is 0 Å². The third-order valence-electron chi connectivity index (χ3n) is 3.18. The van der Waals surface area contributed by atoms with Gasteiger partial charge in [-0.25, -0.2) is 13.8 Å². The van der Waals surface area contributed by atoms with Crippen LogP contribution >= 0.6 is 11.6 Å². The fraction of sp³-hybridized carbons (Fsp3) is 0. The van der Waals surface area contributed by atoms with E-state index in [1.807, 2.05) is 0 Å². The maximum Gasteiger partial charge on any atom is 0.201 e. The van der Waals surface area contributed by atoms with Crippen molar-refractivity contribution < 1.29 is 18.7 Å². The van der Waals surface area contributed by atoms with Gasteiger partial charge in [0, 0.05) is 29.4 Å². The summed E-state index contributed by atoms with van der Waals surface area (Å²) in [5.41, 5.74) is 4.16. The quantitative estimate of drug-likeness (QED) is 0.499. The van der Waals surface area contributed by atoms with E-state index in [-0.39, 0.29) is 10.6 Å². The van der Waals surface area contributed by atoms with Gasteiger partial charge in [0.25, 0.3) is 0 Å². The highest BCUT2D eigenvalue weighted by molar-refractivity contribution is 6.31. The number of fused-ring (bicyclic) bond motifs is 1. The highest BCUT2D eigenvalue weighted by Gasteiger charge is 2.26. The number of nitrogens with zero attached hydrogens (tertiary/aromatic N) is 1. The second-order valence-corrected chi connectivity index (χ2v) is 5.01. The zero-order valence-electron chi connectivity index (χ0n) is 10.8. The first-order valence-corrected chi connectivity index (χ1v) is 6.41. The number of phenols is 1. The van der Waals surface area contributed by atoms with Crippen LogP contribution in [0.4, 0.5) is 14.5 Å². The Morgan fingerprint density at radius 2 is 2.05 bits per heavy atom. The van der Waals surface area contributed by atoms with Crippen LogP contribution in [0.5, 0.6) is 5.75 Å². The van der Waals surface area contributed by atoms with Gasteiger partial charge >= 0.3 is 0 Å².